The average molecular weight is 348 g/mol. The molecule has 21 heavy (non-hydrogen) atoms. The van der Waals surface area contributed by atoms with E-state index in [1.165, 1.54) is 11.1 Å². The van der Waals surface area contributed by atoms with E-state index in [2.05, 4.69) is 32.4 Å². The summed E-state index contributed by atoms with van der Waals surface area (Å²) in [6.45, 7) is 3.80. The van der Waals surface area contributed by atoms with Gasteiger partial charge >= 0.3 is 0 Å². The molecule has 1 aromatic heterocycles. The molecule has 0 aliphatic carbocycles. The van der Waals surface area contributed by atoms with Gasteiger partial charge in [-0.3, -0.25) is 9.48 Å². The molecule has 3 rings (SSSR count). The summed E-state index contributed by atoms with van der Waals surface area (Å²) in [5.74, 6) is 0.132. The molecule has 1 aliphatic rings. The zero-order valence-corrected chi connectivity index (χ0v) is 13.8. The summed E-state index contributed by atoms with van der Waals surface area (Å²) in [7, 11) is 1.87. The highest BCUT2D eigenvalue weighted by molar-refractivity contribution is 9.10. The highest BCUT2D eigenvalue weighted by atomic mass is 79.9. The largest absolute Gasteiger partial charge is 0.312 e. The Bertz CT molecular complexity index is 706. The van der Waals surface area contributed by atoms with Gasteiger partial charge in [-0.15, -0.1) is 0 Å². The third kappa shape index (κ3) is 2.80. The first-order valence-electron chi connectivity index (χ1n) is 7.10. The first-order valence-corrected chi connectivity index (χ1v) is 7.89. The summed E-state index contributed by atoms with van der Waals surface area (Å²) in [5, 5.41) is 7.68. The molecular formula is C16H18BrN3O. The van der Waals surface area contributed by atoms with Crippen molar-refractivity contribution in [2.24, 2.45) is 7.05 Å². The van der Waals surface area contributed by atoms with Gasteiger partial charge in [0.1, 0.15) is 0 Å². The van der Waals surface area contributed by atoms with Crippen LogP contribution in [0.1, 0.15) is 32.9 Å². The molecule has 0 saturated heterocycles. The van der Waals surface area contributed by atoms with E-state index in [-0.39, 0.29) is 5.78 Å². The number of ketones is 1. The van der Waals surface area contributed by atoms with Crippen LogP contribution < -0.4 is 5.32 Å². The molecule has 4 nitrogen and oxygen atoms in total. The van der Waals surface area contributed by atoms with Crippen LogP contribution in [0.4, 0.5) is 0 Å². The van der Waals surface area contributed by atoms with Crippen LogP contribution in [0, 0.1) is 6.92 Å². The predicted octanol–water partition coefficient (Wildman–Crippen LogP) is 2.56. The van der Waals surface area contributed by atoms with Crippen molar-refractivity contribution < 1.29 is 4.79 Å². The van der Waals surface area contributed by atoms with Crippen molar-refractivity contribution in [3.8, 4) is 0 Å². The number of aromatic nitrogens is 2. The van der Waals surface area contributed by atoms with Gasteiger partial charge in [-0.05, 0) is 53.0 Å². The van der Waals surface area contributed by atoms with E-state index < -0.39 is 0 Å². The van der Waals surface area contributed by atoms with Crippen LogP contribution in [0.5, 0.6) is 0 Å². The number of fused-ring (bicyclic) bond motifs is 1. The minimum Gasteiger partial charge on any atom is -0.312 e. The number of nitrogens with zero attached hydrogens (tertiary/aromatic N) is 2. The molecule has 0 saturated carbocycles. The van der Waals surface area contributed by atoms with E-state index in [9.17, 15) is 4.79 Å². The molecule has 1 N–H and O–H groups in total. The molecule has 0 amide bonds. The van der Waals surface area contributed by atoms with Gasteiger partial charge in [0.2, 0.25) is 0 Å². The minimum absolute atomic E-state index is 0.132. The third-order valence-electron chi connectivity index (χ3n) is 4.00. The lowest BCUT2D eigenvalue weighted by Gasteiger charge is -2.17. The van der Waals surface area contributed by atoms with Crippen LogP contribution in [0.15, 0.2) is 22.7 Å². The molecule has 0 atom stereocenters. The molecule has 5 heteroatoms. The van der Waals surface area contributed by atoms with E-state index in [1.54, 1.807) is 4.68 Å². The van der Waals surface area contributed by atoms with Gasteiger partial charge in [0.05, 0.1) is 22.3 Å². The first kappa shape index (κ1) is 14.5. The Hall–Kier alpha value is -1.46. The van der Waals surface area contributed by atoms with Crippen LogP contribution in [-0.4, -0.2) is 22.1 Å². The lowest BCUT2D eigenvalue weighted by atomic mass is 9.96. The van der Waals surface area contributed by atoms with Gasteiger partial charge in [-0.1, -0.05) is 12.1 Å². The van der Waals surface area contributed by atoms with Crippen LogP contribution in [0.25, 0.3) is 0 Å². The number of benzene rings is 1. The molecule has 0 radical (unpaired) electrons. The number of halogens is 1. The summed E-state index contributed by atoms with van der Waals surface area (Å²) in [5.41, 5.74) is 5.21. The maximum absolute atomic E-state index is 12.5. The van der Waals surface area contributed by atoms with Crippen molar-refractivity contribution in [3.63, 3.8) is 0 Å². The highest BCUT2D eigenvalue weighted by Gasteiger charge is 2.17. The summed E-state index contributed by atoms with van der Waals surface area (Å²) in [4.78, 5) is 12.5. The van der Waals surface area contributed by atoms with Crippen molar-refractivity contribution in [1.29, 1.82) is 0 Å². The van der Waals surface area contributed by atoms with E-state index in [0.29, 0.717) is 6.42 Å². The number of aryl methyl sites for hydroxylation is 2. The fourth-order valence-electron chi connectivity index (χ4n) is 2.78. The Labute approximate surface area is 132 Å². The van der Waals surface area contributed by atoms with Crippen LogP contribution in [0.3, 0.4) is 0 Å². The fraction of sp³-hybridized carbons (Fsp3) is 0.375. The maximum atomic E-state index is 12.5. The monoisotopic (exact) mass is 347 g/mol. The smallest absolute Gasteiger partial charge is 0.168 e. The first-order chi connectivity index (χ1) is 10.1. The molecule has 2 heterocycles. The lowest BCUT2D eigenvalue weighted by molar-refractivity contribution is 0.0990. The van der Waals surface area contributed by atoms with Gasteiger partial charge < -0.3 is 5.32 Å². The molecule has 0 bridgehead atoms. The van der Waals surface area contributed by atoms with Gasteiger partial charge in [0.15, 0.2) is 5.78 Å². The Morgan fingerprint density at radius 3 is 2.95 bits per heavy atom. The molecule has 0 spiro atoms. The molecule has 1 aliphatic heterocycles. The molecule has 2 aromatic rings. The zero-order valence-electron chi connectivity index (χ0n) is 12.2. The van der Waals surface area contributed by atoms with Gasteiger partial charge in [-0.25, -0.2) is 0 Å². The van der Waals surface area contributed by atoms with E-state index in [1.807, 2.05) is 26.1 Å². The maximum Gasteiger partial charge on any atom is 0.168 e. The molecule has 0 unspecified atom stereocenters. The van der Waals surface area contributed by atoms with Crippen molar-refractivity contribution in [2.45, 2.75) is 26.3 Å². The van der Waals surface area contributed by atoms with E-state index >= 15 is 0 Å². The summed E-state index contributed by atoms with van der Waals surface area (Å²) >= 11 is 3.52. The second kappa shape index (κ2) is 5.73. The topological polar surface area (TPSA) is 46.9 Å². The quantitative estimate of drug-likeness (QED) is 0.868. The minimum atomic E-state index is 0.132. The number of rotatable bonds is 3. The SMILES string of the molecule is Cc1nn(C)c(CC(=O)c2ccc3c(c2)CNCC3)c1Br. The normalized spacial score (nSPS) is 14.0. The Balaban J connectivity index is 1.85. The Kier molecular flexibility index (Phi) is 3.95. The van der Waals surface area contributed by atoms with Crippen LogP contribution in [-0.2, 0) is 26.4 Å². The van der Waals surface area contributed by atoms with Crippen LogP contribution in [0.2, 0.25) is 0 Å². The van der Waals surface area contributed by atoms with Crippen molar-refractivity contribution in [3.05, 3.63) is 50.8 Å². The summed E-state index contributed by atoms with van der Waals surface area (Å²) in [6, 6.07) is 6.07. The number of hydrogen-bond donors (Lipinski definition) is 1. The van der Waals surface area contributed by atoms with Gasteiger partial charge in [0, 0.05) is 19.2 Å². The number of hydrogen-bond acceptors (Lipinski definition) is 3. The molecule has 1 aromatic carbocycles. The van der Waals surface area contributed by atoms with E-state index in [4.69, 9.17) is 0 Å². The van der Waals surface area contributed by atoms with Crippen molar-refractivity contribution in [2.75, 3.05) is 6.54 Å². The fourth-order valence-corrected chi connectivity index (χ4v) is 3.26. The van der Waals surface area contributed by atoms with Crippen molar-refractivity contribution in [1.82, 2.24) is 15.1 Å². The Morgan fingerprint density at radius 1 is 1.43 bits per heavy atom. The number of carbonyl (C=O) groups excluding carboxylic acids is 1. The number of Topliss-reactive ketones (excluding diaryl/α,β-unsaturated/α-hetero) is 1. The van der Waals surface area contributed by atoms with Crippen molar-refractivity contribution >= 4 is 21.7 Å². The summed E-state index contributed by atoms with van der Waals surface area (Å²) in [6.07, 6.45) is 1.40. The molecule has 110 valence electrons. The second-order valence-corrected chi connectivity index (χ2v) is 6.27. The second-order valence-electron chi connectivity index (χ2n) is 5.48. The predicted molar refractivity (Wildman–Crippen MR) is 85.5 cm³/mol. The van der Waals surface area contributed by atoms with Gasteiger partial charge in [-0.2, -0.15) is 5.10 Å². The Morgan fingerprint density at radius 2 is 2.24 bits per heavy atom. The number of nitrogens with one attached hydrogen (secondary N) is 1. The third-order valence-corrected chi connectivity index (χ3v) is 5.04. The molecule has 0 fully saturated rings. The average Bonchev–Trinajstić information content (AvgIpc) is 2.73. The van der Waals surface area contributed by atoms with E-state index in [0.717, 1.165) is 40.9 Å². The zero-order chi connectivity index (χ0) is 15.0. The van der Waals surface area contributed by atoms with Gasteiger partial charge in [0.25, 0.3) is 0 Å². The summed E-state index contributed by atoms with van der Waals surface area (Å²) < 4.78 is 2.70. The lowest BCUT2D eigenvalue weighted by Crippen LogP contribution is -2.24. The molecular weight excluding hydrogens is 330 g/mol. The standard InChI is InChI=1S/C16H18BrN3O/c1-10-16(17)14(20(2)19-10)8-15(21)12-4-3-11-5-6-18-9-13(11)7-12/h3-4,7,18H,5-6,8-9H2,1-2H3. The highest BCUT2D eigenvalue weighted by Crippen LogP contribution is 2.23. The van der Waals surface area contributed by atoms with Crippen LogP contribution >= 0.6 is 15.9 Å². The number of carbonyl (C=O) groups is 1.